The molecule has 0 bridgehead atoms. The zero-order chi connectivity index (χ0) is 15.9. The van der Waals surface area contributed by atoms with Crippen LogP contribution in [-0.2, 0) is 13.2 Å². The maximum atomic E-state index is 5.71. The lowest BCUT2D eigenvalue weighted by atomic mass is 10.3. The molecule has 1 aromatic carbocycles. The van der Waals surface area contributed by atoms with Gasteiger partial charge in [-0.1, -0.05) is 5.21 Å². The number of likely N-dealkylation sites (N-methyl/N-ethyl adjacent to an activating group) is 1. The van der Waals surface area contributed by atoms with Crippen LogP contribution < -0.4 is 14.2 Å². The van der Waals surface area contributed by atoms with Crippen LogP contribution in [0.25, 0.3) is 0 Å². The Morgan fingerprint density at radius 1 is 1.14 bits per heavy atom. The number of hydrogen-bond acceptors (Lipinski definition) is 6. The first-order chi connectivity index (χ1) is 10.6. The Morgan fingerprint density at radius 3 is 2.59 bits per heavy atom. The summed E-state index contributed by atoms with van der Waals surface area (Å²) in [4.78, 5) is 2.10. The molecule has 1 aromatic heterocycles. The van der Waals surface area contributed by atoms with Gasteiger partial charge in [0.05, 0.1) is 27.0 Å². The standard InChI is InChI=1S/C15H22N4O3/c1-18(2)7-8-19-10-12(16-17-19)11-22-13-5-6-14(20-3)15(9-13)21-4/h5-6,9-10H,7-8,11H2,1-4H3. The van der Waals surface area contributed by atoms with Crippen LogP contribution in [0.1, 0.15) is 5.69 Å². The quantitative estimate of drug-likeness (QED) is 0.735. The molecule has 0 fully saturated rings. The molecule has 0 aliphatic carbocycles. The summed E-state index contributed by atoms with van der Waals surface area (Å²) < 4.78 is 18.0. The average molecular weight is 306 g/mol. The topological polar surface area (TPSA) is 61.6 Å². The molecule has 0 spiro atoms. The highest BCUT2D eigenvalue weighted by atomic mass is 16.5. The number of hydrogen-bond donors (Lipinski definition) is 0. The van der Waals surface area contributed by atoms with Crippen molar-refractivity contribution in [3.63, 3.8) is 0 Å². The molecule has 7 nitrogen and oxygen atoms in total. The smallest absolute Gasteiger partial charge is 0.164 e. The molecule has 120 valence electrons. The SMILES string of the molecule is COc1ccc(OCc2cn(CCN(C)C)nn2)cc1OC. The third-order valence-corrected chi connectivity index (χ3v) is 3.10. The van der Waals surface area contributed by atoms with Crippen molar-refractivity contribution >= 4 is 0 Å². The van der Waals surface area contributed by atoms with Gasteiger partial charge in [0.2, 0.25) is 0 Å². The lowest BCUT2D eigenvalue weighted by Gasteiger charge is -2.10. The molecule has 0 saturated heterocycles. The van der Waals surface area contributed by atoms with Gasteiger partial charge in [0.15, 0.2) is 11.5 Å². The number of methoxy groups -OCH3 is 2. The second kappa shape index (κ2) is 7.65. The maximum Gasteiger partial charge on any atom is 0.164 e. The van der Waals surface area contributed by atoms with Crippen molar-refractivity contribution in [2.75, 3.05) is 34.9 Å². The number of benzene rings is 1. The third-order valence-electron chi connectivity index (χ3n) is 3.10. The Hall–Kier alpha value is -2.28. The average Bonchev–Trinajstić information content (AvgIpc) is 2.98. The molecule has 2 rings (SSSR count). The Bertz CT molecular complexity index is 598. The molecule has 2 aromatic rings. The molecule has 0 amide bonds. The lowest BCUT2D eigenvalue weighted by molar-refractivity contribution is 0.296. The number of nitrogens with zero attached hydrogens (tertiary/aromatic N) is 4. The lowest BCUT2D eigenvalue weighted by Crippen LogP contribution is -2.18. The Kier molecular flexibility index (Phi) is 5.60. The van der Waals surface area contributed by atoms with Crippen LogP contribution in [-0.4, -0.2) is 54.8 Å². The summed E-state index contributed by atoms with van der Waals surface area (Å²) >= 11 is 0. The molecule has 7 heteroatoms. The second-order valence-electron chi connectivity index (χ2n) is 5.08. The number of rotatable bonds is 8. The summed E-state index contributed by atoms with van der Waals surface area (Å²) in [5.74, 6) is 2.00. The molecule has 22 heavy (non-hydrogen) atoms. The molecular formula is C15H22N4O3. The third kappa shape index (κ3) is 4.36. The van der Waals surface area contributed by atoms with Crippen LogP contribution in [0, 0.1) is 0 Å². The van der Waals surface area contributed by atoms with Crippen molar-refractivity contribution < 1.29 is 14.2 Å². The van der Waals surface area contributed by atoms with E-state index >= 15 is 0 Å². The zero-order valence-corrected chi connectivity index (χ0v) is 13.4. The normalized spacial score (nSPS) is 10.8. The van der Waals surface area contributed by atoms with Crippen molar-refractivity contribution in [2.45, 2.75) is 13.2 Å². The second-order valence-corrected chi connectivity index (χ2v) is 5.08. The predicted octanol–water partition coefficient (Wildman–Crippen LogP) is 1.44. The van der Waals surface area contributed by atoms with Crippen LogP contribution >= 0.6 is 0 Å². The number of aromatic nitrogens is 3. The largest absolute Gasteiger partial charge is 0.493 e. The van der Waals surface area contributed by atoms with Crippen molar-refractivity contribution in [1.29, 1.82) is 0 Å². The molecule has 1 heterocycles. The highest BCUT2D eigenvalue weighted by Gasteiger charge is 2.07. The van der Waals surface area contributed by atoms with Gasteiger partial charge in [-0.2, -0.15) is 0 Å². The maximum absolute atomic E-state index is 5.71. The Morgan fingerprint density at radius 2 is 1.91 bits per heavy atom. The summed E-state index contributed by atoms with van der Waals surface area (Å²) in [5.41, 5.74) is 0.786. The van der Waals surface area contributed by atoms with E-state index in [1.165, 1.54) is 0 Å². The van der Waals surface area contributed by atoms with E-state index in [-0.39, 0.29) is 0 Å². The Labute approximate surface area is 130 Å². The van der Waals surface area contributed by atoms with Crippen LogP contribution in [0.5, 0.6) is 17.2 Å². The Balaban J connectivity index is 1.92. The van der Waals surface area contributed by atoms with E-state index in [9.17, 15) is 0 Å². The molecule has 0 aliphatic rings. The minimum atomic E-state index is 0.359. The van der Waals surface area contributed by atoms with Gasteiger partial charge in [0.1, 0.15) is 18.1 Å². The molecular weight excluding hydrogens is 284 g/mol. The molecule has 0 aliphatic heterocycles. The van der Waals surface area contributed by atoms with Gasteiger partial charge in [0.25, 0.3) is 0 Å². The van der Waals surface area contributed by atoms with Gasteiger partial charge < -0.3 is 19.1 Å². The van der Waals surface area contributed by atoms with Crippen molar-refractivity contribution in [3.05, 3.63) is 30.1 Å². The minimum absolute atomic E-state index is 0.359. The molecule has 0 unspecified atom stereocenters. The first-order valence-corrected chi connectivity index (χ1v) is 7.01. The van der Waals surface area contributed by atoms with Gasteiger partial charge in [-0.25, -0.2) is 0 Å². The van der Waals surface area contributed by atoms with E-state index in [0.29, 0.717) is 23.9 Å². The summed E-state index contributed by atoms with van der Waals surface area (Å²) in [7, 11) is 7.25. The van der Waals surface area contributed by atoms with E-state index in [4.69, 9.17) is 14.2 Å². The molecule has 0 radical (unpaired) electrons. The van der Waals surface area contributed by atoms with E-state index < -0.39 is 0 Å². The summed E-state index contributed by atoms with van der Waals surface area (Å²) in [6.07, 6.45) is 1.89. The molecule has 0 N–H and O–H groups in total. The monoisotopic (exact) mass is 306 g/mol. The zero-order valence-electron chi connectivity index (χ0n) is 13.4. The van der Waals surface area contributed by atoms with Gasteiger partial charge in [-0.15, -0.1) is 5.10 Å². The summed E-state index contributed by atoms with van der Waals surface area (Å²) in [5, 5.41) is 8.18. The first-order valence-electron chi connectivity index (χ1n) is 7.01. The van der Waals surface area contributed by atoms with Crippen LogP contribution in [0.2, 0.25) is 0 Å². The van der Waals surface area contributed by atoms with E-state index in [1.54, 1.807) is 20.3 Å². The fourth-order valence-electron chi connectivity index (χ4n) is 1.88. The molecule has 0 atom stereocenters. The fraction of sp³-hybridized carbons (Fsp3) is 0.467. The van der Waals surface area contributed by atoms with Gasteiger partial charge in [0, 0.05) is 12.6 Å². The van der Waals surface area contributed by atoms with Crippen molar-refractivity contribution in [1.82, 2.24) is 19.9 Å². The van der Waals surface area contributed by atoms with Gasteiger partial charge in [-0.3, -0.25) is 4.68 Å². The first kappa shape index (κ1) is 16.1. The summed E-state index contributed by atoms with van der Waals surface area (Å²) in [6, 6.07) is 5.43. The predicted molar refractivity (Wildman–Crippen MR) is 82.5 cm³/mol. The van der Waals surface area contributed by atoms with E-state index in [2.05, 4.69) is 15.2 Å². The summed E-state index contributed by atoms with van der Waals surface area (Å²) in [6.45, 7) is 2.08. The minimum Gasteiger partial charge on any atom is -0.493 e. The highest BCUT2D eigenvalue weighted by molar-refractivity contribution is 5.45. The fourth-order valence-corrected chi connectivity index (χ4v) is 1.88. The van der Waals surface area contributed by atoms with Crippen LogP contribution in [0.3, 0.4) is 0 Å². The van der Waals surface area contributed by atoms with Gasteiger partial charge >= 0.3 is 0 Å². The van der Waals surface area contributed by atoms with E-state index in [1.807, 2.05) is 37.1 Å². The van der Waals surface area contributed by atoms with Gasteiger partial charge in [-0.05, 0) is 26.2 Å². The van der Waals surface area contributed by atoms with Crippen LogP contribution in [0.4, 0.5) is 0 Å². The van der Waals surface area contributed by atoms with Crippen molar-refractivity contribution in [2.24, 2.45) is 0 Å². The van der Waals surface area contributed by atoms with E-state index in [0.717, 1.165) is 18.8 Å². The highest BCUT2D eigenvalue weighted by Crippen LogP contribution is 2.31. The van der Waals surface area contributed by atoms with Crippen molar-refractivity contribution in [3.8, 4) is 17.2 Å². The molecule has 0 saturated carbocycles. The number of ether oxygens (including phenoxy) is 3. The van der Waals surface area contributed by atoms with Crippen LogP contribution in [0.15, 0.2) is 24.4 Å².